The van der Waals surface area contributed by atoms with E-state index in [9.17, 15) is 9.59 Å². The smallest absolute Gasteiger partial charge is 0.315 e. The molecule has 3 N–H and O–H groups in total. The third-order valence-electron chi connectivity index (χ3n) is 5.17. The molecule has 0 unspecified atom stereocenters. The van der Waals surface area contributed by atoms with Crippen LogP contribution in [0.5, 0.6) is 11.5 Å². The molecule has 0 saturated heterocycles. The van der Waals surface area contributed by atoms with Gasteiger partial charge >= 0.3 is 6.03 Å². The Morgan fingerprint density at radius 3 is 2.50 bits per heavy atom. The van der Waals surface area contributed by atoms with Gasteiger partial charge in [-0.1, -0.05) is 32.0 Å². The molecular weight excluding hydrogens is 382 g/mol. The van der Waals surface area contributed by atoms with E-state index in [0.717, 1.165) is 22.4 Å². The fourth-order valence-corrected chi connectivity index (χ4v) is 3.32. The topological polar surface area (TPSA) is 88.7 Å². The van der Waals surface area contributed by atoms with E-state index in [4.69, 9.17) is 9.47 Å². The highest BCUT2D eigenvalue weighted by molar-refractivity contribution is 5.95. The molecular formula is C23H29N3O4. The number of urea groups is 1. The molecule has 2 aromatic carbocycles. The number of nitrogens with one attached hydrogen (secondary N) is 3. The number of amides is 3. The van der Waals surface area contributed by atoms with Gasteiger partial charge in [0.2, 0.25) is 5.91 Å². The lowest BCUT2D eigenvalue weighted by Crippen LogP contribution is -2.42. The first-order valence-corrected chi connectivity index (χ1v) is 10.1. The number of benzene rings is 2. The zero-order valence-electron chi connectivity index (χ0n) is 17.9. The molecule has 1 aliphatic heterocycles. The number of ether oxygens (including phenoxy) is 2. The van der Waals surface area contributed by atoms with E-state index in [2.05, 4.69) is 16.0 Å². The van der Waals surface area contributed by atoms with E-state index in [1.54, 1.807) is 0 Å². The van der Waals surface area contributed by atoms with E-state index in [0.29, 0.717) is 24.7 Å². The van der Waals surface area contributed by atoms with Gasteiger partial charge in [-0.2, -0.15) is 0 Å². The van der Waals surface area contributed by atoms with E-state index >= 15 is 0 Å². The maximum absolute atomic E-state index is 12.4. The summed E-state index contributed by atoms with van der Waals surface area (Å²) in [5.74, 6) is 1.25. The Labute approximate surface area is 177 Å². The van der Waals surface area contributed by atoms with E-state index < -0.39 is 6.03 Å². The predicted molar refractivity (Wildman–Crippen MR) is 116 cm³/mol. The highest BCUT2D eigenvalue weighted by Crippen LogP contribution is 2.34. The summed E-state index contributed by atoms with van der Waals surface area (Å²) in [7, 11) is 0. The number of aryl methyl sites for hydroxylation is 1. The quantitative estimate of drug-likeness (QED) is 0.676. The third-order valence-corrected chi connectivity index (χ3v) is 5.17. The maximum Gasteiger partial charge on any atom is 0.315 e. The summed E-state index contributed by atoms with van der Waals surface area (Å²) in [6.45, 7) is 8.90. The van der Waals surface area contributed by atoms with Crippen LogP contribution in [0.15, 0.2) is 36.4 Å². The molecule has 3 amide bonds. The van der Waals surface area contributed by atoms with Gasteiger partial charge < -0.3 is 25.4 Å². The molecule has 0 radical (unpaired) electrons. The Morgan fingerprint density at radius 1 is 1.03 bits per heavy atom. The Morgan fingerprint density at radius 2 is 1.77 bits per heavy atom. The molecule has 160 valence electrons. The first-order chi connectivity index (χ1) is 14.3. The highest BCUT2D eigenvalue weighted by atomic mass is 16.6. The Bertz CT molecular complexity index is 927. The number of anilines is 1. The van der Waals surface area contributed by atoms with Crippen LogP contribution in [-0.4, -0.2) is 31.7 Å². The minimum atomic E-state index is -0.403. The van der Waals surface area contributed by atoms with Crippen molar-refractivity contribution in [1.29, 1.82) is 0 Å². The number of rotatable bonds is 6. The second kappa shape index (κ2) is 9.52. The minimum absolute atomic E-state index is 0.120. The van der Waals surface area contributed by atoms with Crippen LogP contribution < -0.4 is 25.4 Å². The first-order valence-electron chi connectivity index (χ1n) is 10.1. The zero-order valence-corrected chi connectivity index (χ0v) is 17.9. The van der Waals surface area contributed by atoms with Crippen molar-refractivity contribution in [1.82, 2.24) is 10.6 Å². The second-order valence-electron chi connectivity index (χ2n) is 7.75. The summed E-state index contributed by atoms with van der Waals surface area (Å²) in [5, 5.41) is 8.43. The molecule has 0 bridgehead atoms. The lowest BCUT2D eigenvalue weighted by atomic mass is 9.95. The van der Waals surface area contributed by atoms with Crippen molar-refractivity contribution in [3.8, 4) is 11.5 Å². The Kier molecular flexibility index (Phi) is 6.82. The van der Waals surface area contributed by atoms with E-state index in [1.165, 1.54) is 0 Å². The number of carbonyl (C=O) groups excluding carboxylic acids is 2. The van der Waals surface area contributed by atoms with Crippen LogP contribution >= 0.6 is 0 Å². The van der Waals surface area contributed by atoms with Crippen LogP contribution in [0.25, 0.3) is 0 Å². The fraction of sp³-hybridized carbons (Fsp3) is 0.391. The van der Waals surface area contributed by atoms with Gasteiger partial charge in [0.05, 0.1) is 12.6 Å². The average molecular weight is 412 g/mol. The van der Waals surface area contributed by atoms with Gasteiger partial charge in [-0.15, -0.1) is 0 Å². The lowest BCUT2D eigenvalue weighted by Gasteiger charge is -2.25. The monoisotopic (exact) mass is 411 g/mol. The molecule has 2 aromatic rings. The lowest BCUT2D eigenvalue weighted by molar-refractivity contribution is -0.115. The van der Waals surface area contributed by atoms with Crippen molar-refractivity contribution in [2.75, 3.05) is 25.1 Å². The molecule has 0 saturated carbocycles. The van der Waals surface area contributed by atoms with Gasteiger partial charge in [-0.25, -0.2) is 4.79 Å². The van der Waals surface area contributed by atoms with Crippen molar-refractivity contribution in [3.05, 3.63) is 53.1 Å². The van der Waals surface area contributed by atoms with Gasteiger partial charge in [0.15, 0.2) is 11.5 Å². The van der Waals surface area contributed by atoms with Gasteiger partial charge in [0.1, 0.15) is 13.2 Å². The SMILES string of the molecule is Cc1cccc(NC(=O)CNC(=O)N[C@@H](c2ccc3c(c2)OCCO3)C(C)C)c1C. The van der Waals surface area contributed by atoms with Gasteiger partial charge in [0.25, 0.3) is 0 Å². The molecule has 0 fully saturated rings. The van der Waals surface area contributed by atoms with Gasteiger partial charge in [-0.05, 0) is 54.7 Å². The normalized spacial score (nSPS) is 13.5. The summed E-state index contributed by atoms with van der Waals surface area (Å²) in [4.78, 5) is 24.7. The molecule has 0 aliphatic carbocycles. The molecule has 0 spiro atoms. The number of hydrogen-bond acceptors (Lipinski definition) is 4. The minimum Gasteiger partial charge on any atom is -0.486 e. The van der Waals surface area contributed by atoms with Crippen LogP contribution in [0, 0.1) is 19.8 Å². The van der Waals surface area contributed by atoms with Crippen molar-refractivity contribution < 1.29 is 19.1 Å². The first kappa shape index (κ1) is 21.5. The molecule has 1 aliphatic rings. The van der Waals surface area contributed by atoms with Gasteiger partial charge in [0, 0.05) is 5.69 Å². The molecule has 0 aromatic heterocycles. The molecule has 30 heavy (non-hydrogen) atoms. The summed E-state index contributed by atoms with van der Waals surface area (Å²) >= 11 is 0. The Hall–Kier alpha value is -3.22. The molecule has 3 rings (SSSR count). The van der Waals surface area contributed by atoms with Crippen molar-refractivity contribution in [3.63, 3.8) is 0 Å². The molecule has 7 heteroatoms. The summed E-state index contributed by atoms with van der Waals surface area (Å²) < 4.78 is 11.2. The molecule has 1 heterocycles. The summed E-state index contributed by atoms with van der Waals surface area (Å²) in [5.41, 5.74) is 3.77. The third kappa shape index (κ3) is 5.23. The standard InChI is InChI=1S/C23H29N3O4/c1-14(2)22(17-8-9-19-20(12-17)30-11-10-29-19)26-23(28)24-13-21(27)25-18-7-5-6-15(3)16(18)4/h5-9,12,14,22H,10-11,13H2,1-4H3,(H,25,27)(H2,24,26,28)/t22-/m1/s1. The van der Waals surface area contributed by atoms with Crippen LogP contribution in [0.3, 0.4) is 0 Å². The summed E-state index contributed by atoms with van der Waals surface area (Å²) in [6, 6.07) is 10.8. The summed E-state index contributed by atoms with van der Waals surface area (Å²) in [6.07, 6.45) is 0. The highest BCUT2D eigenvalue weighted by Gasteiger charge is 2.21. The van der Waals surface area contributed by atoms with Crippen LogP contribution in [0.4, 0.5) is 10.5 Å². The van der Waals surface area contributed by atoms with Crippen molar-refractivity contribution in [2.24, 2.45) is 5.92 Å². The Balaban J connectivity index is 1.58. The number of carbonyl (C=O) groups is 2. The van der Waals surface area contributed by atoms with Crippen LogP contribution in [-0.2, 0) is 4.79 Å². The van der Waals surface area contributed by atoms with Crippen molar-refractivity contribution in [2.45, 2.75) is 33.7 Å². The zero-order chi connectivity index (χ0) is 21.7. The second-order valence-corrected chi connectivity index (χ2v) is 7.75. The van der Waals surface area contributed by atoms with E-state index in [1.807, 2.05) is 64.1 Å². The number of fused-ring (bicyclic) bond motifs is 1. The largest absolute Gasteiger partial charge is 0.486 e. The van der Waals surface area contributed by atoms with Crippen LogP contribution in [0.1, 0.15) is 36.6 Å². The fourth-order valence-electron chi connectivity index (χ4n) is 3.32. The van der Waals surface area contributed by atoms with Crippen LogP contribution in [0.2, 0.25) is 0 Å². The van der Waals surface area contributed by atoms with Crippen molar-refractivity contribution >= 4 is 17.6 Å². The number of hydrogen-bond donors (Lipinski definition) is 3. The predicted octanol–water partition coefficient (Wildman–Crippen LogP) is 3.71. The average Bonchev–Trinajstić information content (AvgIpc) is 2.73. The van der Waals surface area contributed by atoms with E-state index in [-0.39, 0.29) is 24.4 Å². The van der Waals surface area contributed by atoms with Gasteiger partial charge in [-0.3, -0.25) is 4.79 Å². The maximum atomic E-state index is 12.4. The molecule has 1 atom stereocenters. The molecule has 7 nitrogen and oxygen atoms in total.